The number of morpholine rings is 1. The van der Waals surface area contributed by atoms with Gasteiger partial charge < -0.3 is 19.7 Å². The molecule has 2 bridgehead atoms. The molecule has 196 valence electrons. The molecule has 1 N–H and O–H groups in total. The molecule has 3 fully saturated rings. The van der Waals surface area contributed by atoms with E-state index in [0.717, 1.165) is 11.8 Å². The molecular weight excluding hydrogens is 508 g/mol. The molecule has 1 amide bonds. The number of hydrogen-bond acceptors (Lipinski definition) is 6. The van der Waals surface area contributed by atoms with Gasteiger partial charge in [-0.1, -0.05) is 11.6 Å². The van der Waals surface area contributed by atoms with Gasteiger partial charge in [-0.3, -0.25) is 14.2 Å². The molecule has 2 aromatic rings. The first-order valence-electron chi connectivity index (χ1n) is 11.7. The molecule has 3 heterocycles. The molecular formula is C23H25ClF4N4O4. The largest absolute Gasteiger partial charge is 0.522 e. The molecule has 0 radical (unpaired) electrons. The van der Waals surface area contributed by atoms with Crippen molar-refractivity contribution in [3.63, 3.8) is 0 Å². The second-order valence-corrected chi connectivity index (χ2v) is 9.75. The smallest absolute Gasteiger partial charge is 0.484 e. The topological polar surface area (TPSA) is 77.9 Å². The van der Waals surface area contributed by atoms with Crippen LogP contribution in [-0.2, 0) is 14.3 Å². The number of rotatable bonds is 7. The van der Waals surface area contributed by atoms with E-state index >= 15 is 0 Å². The summed E-state index contributed by atoms with van der Waals surface area (Å²) in [6, 6.07) is 3.79. The molecule has 1 aromatic heterocycles. The van der Waals surface area contributed by atoms with Gasteiger partial charge in [-0.15, -0.1) is 13.2 Å². The van der Waals surface area contributed by atoms with Gasteiger partial charge in [0, 0.05) is 18.3 Å². The van der Waals surface area contributed by atoms with Crippen molar-refractivity contribution in [3.8, 4) is 5.75 Å². The van der Waals surface area contributed by atoms with E-state index in [-0.39, 0.29) is 60.3 Å². The maximum atomic E-state index is 13.5. The van der Waals surface area contributed by atoms with E-state index in [0.29, 0.717) is 26.1 Å². The molecule has 3 atom stereocenters. The van der Waals surface area contributed by atoms with Gasteiger partial charge in [0.15, 0.2) is 6.61 Å². The third-order valence-electron chi connectivity index (χ3n) is 6.78. The number of benzene rings is 1. The van der Waals surface area contributed by atoms with Crippen LogP contribution in [0.4, 0.5) is 23.2 Å². The molecule has 0 spiro atoms. The number of piperidine rings is 1. The first-order valence-corrected chi connectivity index (χ1v) is 12.0. The van der Waals surface area contributed by atoms with E-state index in [2.05, 4.69) is 20.1 Å². The molecule has 5 rings (SSSR count). The standard InChI is InChI=1S/C23H25ClF4N4O4/c24-20-2-1-18(7-21(20)25)35-12-22(33)30-13-3-15-10-34-11-16(4-13)32(15)17-8-29-31(9-17)14-5-19(6-14)36-23(26,27)28/h1-2,7-9,13-16,19H,3-6,10-12H2,(H,30,33)/t13?,14?,15-,16+,19?. The summed E-state index contributed by atoms with van der Waals surface area (Å²) in [6.07, 6.45) is -0.0641. The summed E-state index contributed by atoms with van der Waals surface area (Å²) >= 11 is 5.66. The Morgan fingerprint density at radius 1 is 1.17 bits per heavy atom. The Morgan fingerprint density at radius 2 is 1.89 bits per heavy atom. The fourth-order valence-electron chi connectivity index (χ4n) is 5.14. The summed E-state index contributed by atoms with van der Waals surface area (Å²) in [5.74, 6) is -0.715. The first kappa shape index (κ1) is 25.1. The second kappa shape index (κ2) is 10.1. The second-order valence-electron chi connectivity index (χ2n) is 9.34. The molecule has 1 saturated carbocycles. The minimum atomic E-state index is -4.62. The predicted molar refractivity (Wildman–Crippen MR) is 120 cm³/mol. The number of carbonyl (C=O) groups is 1. The Hall–Kier alpha value is -2.57. The van der Waals surface area contributed by atoms with Gasteiger partial charge in [-0.25, -0.2) is 4.39 Å². The summed E-state index contributed by atoms with van der Waals surface area (Å²) in [5.41, 5.74) is 0.881. The van der Waals surface area contributed by atoms with Crippen molar-refractivity contribution in [3.05, 3.63) is 41.4 Å². The minimum Gasteiger partial charge on any atom is -0.484 e. The van der Waals surface area contributed by atoms with Crippen molar-refractivity contribution in [1.82, 2.24) is 15.1 Å². The molecule has 1 unspecified atom stereocenters. The summed E-state index contributed by atoms with van der Waals surface area (Å²) in [6.45, 7) is 0.722. The number of anilines is 1. The van der Waals surface area contributed by atoms with Crippen molar-refractivity contribution >= 4 is 23.2 Å². The number of amides is 1. The van der Waals surface area contributed by atoms with Crippen molar-refractivity contribution in [2.45, 2.75) is 62.3 Å². The predicted octanol–water partition coefficient (Wildman–Crippen LogP) is 3.85. The Bertz CT molecular complexity index is 1080. The number of carbonyl (C=O) groups excluding carboxylic acids is 1. The van der Waals surface area contributed by atoms with Crippen LogP contribution in [0.15, 0.2) is 30.6 Å². The lowest BCUT2D eigenvalue weighted by atomic mass is 9.89. The van der Waals surface area contributed by atoms with Gasteiger partial charge in [0.1, 0.15) is 11.6 Å². The first-order chi connectivity index (χ1) is 17.1. The van der Waals surface area contributed by atoms with Crippen LogP contribution < -0.4 is 15.0 Å². The summed E-state index contributed by atoms with van der Waals surface area (Å²) in [4.78, 5) is 14.7. The fourth-order valence-corrected chi connectivity index (χ4v) is 5.26. The van der Waals surface area contributed by atoms with Crippen molar-refractivity contribution in [1.29, 1.82) is 0 Å². The lowest BCUT2D eigenvalue weighted by molar-refractivity contribution is -0.353. The number of nitrogens with zero attached hydrogens (tertiary/aromatic N) is 3. The van der Waals surface area contributed by atoms with Gasteiger partial charge in [-0.2, -0.15) is 5.10 Å². The molecule has 1 aromatic carbocycles. The quantitative estimate of drug-likeness (QED) is 0.546. The van der Waals surface area contributed by atoms with Gasteiger partial charge >= 0.3 is 6.36 Å². The monoisotopic (exact) mass is 532 g/mol. The molecule has 13 heteroatoms. The Labute approximate surface area is 209 Å². The van der Waals surface area contributed by atoms with Crippen LogP contribution in [0.1, 0.15) is 31.7 Å². The summed E-state index contributed by atoms with van der Waals surface area (Å²) in [7, 11) is 0. The molecule has 2 saturated heterocycles. The van der Waals surface area contributed by atoms with E-state index in [1.165, 1.54) is 12.1 Å². The fraction of sp³-hybridized carbons (Fsp3) is 0.565. The highest BCUT2D eigenvalue weighted by atomic mass is 35.5. The molecule has 1 aliphatic carbocycles. The summed E-state index contributed by atoms with van der Waals surface area (Å²) < 4.78 is 67.6. The maximum absolute atomic E-state index is 13.5. The molecule has 2 aliphatic heterocycles. The van der Waals surface area contributed by atoms with Crippen molar-refractivity contribution < 1.29 is 36.6 Å². The van der Waals surface area contributed by atoms with E-state index < -0.39 is 18.3 Å². The van der Waals surface area contributed by atoms with Crippen molar-refractivity contribution in [2.24, 2.45) is 0 Å². The Balaban J connectivity index is 1.14. The van der Waals surface area contributed by atoms with Gasteiger partial charge in [-0.05, 0) is 37.8 Å². The van der Waals surface area contributed by atoms with Crippen LogP contribution in [0.5, 0.6) is 5.75 Å². The third kappa shape index (κ3) is 5.70. The summed E-state index contributed by atoms with van der Waals surface area (Å²) in [5, 5.41) is 7.35. The highest BCUT2D eigenvalue weighted by Crippen LogP contribution is 2.39. The number of alkyl halides is 3. The average molecular weight is 533 g/mol. The van der Waals surface area contributed by atoms with Gasteiger partial charge in [0.05, 0.1) is 54.4 Å². The van der Waals surface area contributed by atoms with Crippen LogP contribution in [0, 0.1) is 5.82 Å². The number of ether oxygens (including phenoxy) is 3. The lowest BCUT2D eigenvalue weighted by Gasteiger charge is -2.49. The van der Waals surface area contributed by atoms with Crippen LogP contribution in [-0.4, -0.2) is 66.1 Å². The van der Waals surface area contributed by atoms with Crippen molar-refractivity contribution in [2.75, 3.05) is 24.7 Å². The number of fused-ring (bicyclic) bond motifs is 2. The van der Waals surface area contributed by atoms with Crippen LogP contribution in [0.3, 0.4) is 0 Å². The number of aromatic nitrogens is 2. The SMILES string of the molecule is O=C(COc1ccc(Cl)c(F)c1)NC1C[C@H]2COC[C@@H](C1)N2c1cnn(C2CC(OC(F)(F)F)C2)c1. The highest BCUT2D eigenvalue weighted by Gasteiger charge is 2.43. The normalized spacial score (nSPS) is 27.9. The molecule has 36 heavy (non-hydrogen) atoms. The zero-order valence-corrected chi connectivity index (χ0v) is 19.8. The number of hydrogen-bond donors (Lipinski definition) is 1. The highest BCUT2D eigenvalue weighted by molar-refractivity contribution is 6.30. The lowest BCUT2D eigenvalue weighted by Crippen LogP contribution is -2.61. The zero-order chi connectivity index (χ0) is 25.4. The van der Waals surface area contributed by atoms with E-state index in [4.69, 9.17) is 21.1 Å². The zero-order valence-electron chi connectivity index (χ0n) is 19.1. The minimum absolute atomic E-state index is 0.00873. The third-order valence-corrected chi connectivity index (χ3v) is 7.08. The Kier molecular flexibility index (Phi) is 7.01. The number of nitrogens with one attached hydrogen (secondary N) is 1. The molecule has 8 nitrogen and oxygen atoms in total. The number of halogens is 5. The van der Waals surface area contributed by atoms with Gasteiger partial charge in [0.25, 0.3) is 5.91 Å². The van der Waals surface area contributed by atoms with Crippen LogP contribution in [0.25, 0.3) is 0 Å². The van der Waals surface area contributed by atoms with Crippen LogP contribution >= 0.6 is 11.6 Å². The van der Waals surface area contributed by atoms with E-state index in [1.54, 1.807) is 10.9 Å². The van der Waals surface area contributed by atoms with Gasteiger partial charge in [0.2, 0.25) is 0 Å². The van der Waals surface area contributed by atoms with Crippen LogP contribution in [0.2, 0.25) is 5.02 Å². The van der Waals surface area contributed by atoms with E-state index in [1.807, 2.05) is 6.20 Å². The molecule has 3 aliphatic rings. The van der Waals surface area contributed by atoms with E-state index in [9.17, 15) is 22.4 Å². The maximum Gasteiger partial charge on any atom is 0.522 e. The Morgan fingerprint density at radius 3 is 2.56 bits per heavy atom. The average Bonchev–Trinajstić information content (AvgIpc) is 3.25.